The number of ether oxygens (including phenoxy) is 4. The molecule has 0 aliphatic carbocycles. The van der Waals surface area contributed by atoms with Crippen molar-refractivity contribution in [2.75, 3.05) is 12.3 Å². The van der Waals surface area contributed by atoms with E-state index in [4.69, 9.17) is 24.7 Å². The minimum Gasteiger partial charge on any atom is -0.462 e. The Bertz CT molecular complexity index is 2080. The van der Waals surface area contributed by atoms with Gasteiger partial charge in [0.15, 0.2) is 29.0 Å². The maximum atomic E-state index is 12.9. The number of aromatic nitrogens is 4. The first kappa shape index (κ1) is 33.9. The summed E-state index contributed by atoms with van der Waals surface area (Å²) in [5, 5.41) is 0. The number of imidazole rings is 1. The molecule has 6 rings (SSSR count). The van der Waals surface area contributed by atoms with E-state index < -0.39 is 41.3 Å². The Labute approximate surface area is 285 Å². The van der Waals surface area contributed by atoms with Crippen molar-refractivity contribution in [3.05, 3.63) is 87.0 Å². The molecule has 0 radical (unpaired) electrons. The molecule has 2 fully saturated rings. The Balaban J connectivity index is 1.30. The van der Waals surface area contributed by atoms with E-state index in [9.17, 15) is 9.59 Å². The fourth-order valence-electron chi connectivity index (χ4n) is 5.67. The van der Waals surface area contributed by atoms with Gasteiger partial charge >= 0.3 is 5.97 Å². The van der Waals surface area contributed by atoms with E-state index in [-0.39, 0.29) is 40.9 Å². The predicted octanol–water partition coefficient (Wildman–Crippen LogP) is 4.81. The highest BCUT2D eigenvalue weighted by molar-refractivity contribution is 5.75. The van der Waals surface area contributed by atoms with E-state index in [2.05, 4.69) is 71.5 Å². The molecule has 4 aromatic rings. The van der Waals surface area contributed by atoms with Gasteiger partial charge in [0.25, 0.3) is 5.56 Å². The minimum atomic E-state index is -0.948. The third kappa shape index (κ3) is 7.25. The molecule has 0 spiro atoms. The summed E-state index contributed by atoms with van der Waals surface area (Å²) in [5.74, 6) is 11.5. The van der Waals surface area contributed by atoms with Gasteiger partial charge in [-0.25, -0.2) is 4.98 Å². The van der Waals surface area contributed by atoms with Crippen molar-refractivity contribution in [1.82, 2.24) is 19.5 Å². The van der Waals surface area contributed by atoms with Gasteiger partial charge in [-0.1, -0.05) is 50.7 Å². The molecular formula is C38H41N5O6. The lowest BCUT2D eigenvalue weighted by Crippen LogP contribution is -2.35. The molecule has 11 heteroatoms. The molecule has 2 aliphatic heterocycles. The summed E-state index contributed by atoms with van der Waals surface area (Å²) in [4.78, 5) is 36.9. The molecule has 2 aromatic carbocycles. The van der Waals surface area contributed by atoms with Gasteiger partial charge in [-0.15, -0.1) is 0 Å². The number of aromatic amines is 1. The smallest absolute Gasteiger partial charge is 0.311 e. The molecule has 2 aliphatic rings. The largest absolute Gasteiger partial charge is 0.462 e. The average Bonchev–Trinajstić information content (AvgIpc) is 3.65. The number of carbonyl (C=O) groups excluding carboxylic acids is 1. The maximum absolute atomic E-state index is 12.9. The number of benzene rings is 2. The van der Waals surface area contributed by atoms with Crippen molar-refractivity contribution >= 4 is 23.1 Å². The third-order valence-corrected chi connectivity index (χ3v) is 8.25. The first-order valence-corrected chi connectivity index (χ1v) is 16.2. The molecule has 0 bridgehead atoms. The van der Waals surface area contributed by atoms with Gasteiger partial charge in [0.05, 0.1) is 5.41 Å². The minimum absolute atomic E-state index is 0.0422. The number of rotatable bonds is 3. The average molecular weight is 664 g/mol. The number of nitrogens with zero attached hydrogens (tertiary/aromatic N) is 3. The van der Waals surface area contributed by atoms with Gasteiger partial charge in [0.1, 0.15) is 24.9 Å². The summed E-state index contributed by atoms with van der Waals surface area (Å²) in [7, 11) is 0. The fraction of sp³-hybridized carbons (Fsp3) is 0.421. The van der Waals surface area contributed by atoms with Crippen molar-refractivity contribution < 1.29 is 23.7 Å². The summed E-state index contributed by atoms with van der Waals surface area (Å²) < 4.78 is 26.1. The van der Waals surface area contributed by atoms with Gasteiger partial charge < -0.3 is 24.7 Å². The molecule has 4 heterocycles. The molecule has 2 aromatic heterocycles. The zero-order valence-corrected chi connectivity index (χ0v) is 29.0. The van der Waals surface area contributed by atoms with Crippen molar-refractivity contribution in [1.29, 1.82) is 0 Å². The number of H-pyrrole nitrogens is 1. The second-order valence-corrected chi connectivity index (χ2v) is 14.8. The van der Waals surface area contributed by atoms with E-state index in [0.717, 1.165) is 11.1 Å². The van der Waals surface area contributed by atoms with Crippen LogP contribution in [0.3, 0.4) is 0 Å². The number of fused-ring (bicyclic) bond motifs is 2. The summed E-state index contributed by atoms with van der Waals surface area (Å²) in [5.41, 5.74) is 8.78. The van der Waals surface area contributed by atoms with Crippen LogP contribution in [-0.2, 0) is 29.2 Å². The third-order valence-electron chi connectivity index (χ3n) is 8.25. The molecule has 11 nitrogen and oxygen atoms in total. The molecule has 0 amide bonds. The van der Waals surface area contributed by atoms with Gasteiger partial charge in [0, 0.05) is 16.7 Å². The summed E-state index contributed by atoms with van der Waals surface area (Å²) >= 11 is 0. The quantitative estimate of drug-likeness (QED) is 0.233. The lowest BCUT2D eigenvalue weighted by atomic mass is 9.87. The zero-order chi connectivity index (χ0) is 35.3. The fourth-order valence-corrected chi connectivity index (χ4v) is 5.67. The van der Waals surface area contributed by atoms with Crippen LogP contribution in [0.25, 0.3) is 11.2 Å². The van der Waals surface area contributed by atoms with Crippen LogP contribution >= 0.6 is 0 Å². The van der Waals surface area contributed by atoms with Gasteiger partial charge in [-0.05, 0) is 87.9 Å². The van der Waals surface area contributed by atoms with Crippen LogP contribution in [-0.4, -0.2) is 56.2 Å². The molecule has 254 valence electrons. The standard InChI is InChI=1S/C38H41N5O6/c1-36(2,3)25-18-15-24(16-19-25)14-11-22-9-12-23(13-10-22)17-20-27-40-28-31(41-35(39)42-32(28)44)43(27)33-30-29(48-38(7,8)49-30)26(47-33)21-46-34(45)37(4,5)6/h9-10,12-13,15-16,18-19,26,29-30,33H,21H2,1-8H3,(H3,39,41,42,44)/t26-,29-,30-,33-/m1/s1. The second kappa shape index (κ2) is 12.5. The number of esters is 1. The lowest BCUT2D eigenvalue weighted by molar-refractivity contribution is -0.203. The van der Waals surface area contributed by atoms with Crippen LogP contribution in [0.1, 0.15) is 89.7 Å². The molecule has 0 saturated carbocycles. The van der Waals surface area contributed by atoms with Crippen LogP contribution in [0, 0.1) is 29.1 Å². The maximum Gasteiger partial charge on any atom is 0.311 e. The van der Waals surface area contributed by atoms with Gasteiger partial charge in [-0.2, -0.15) is 4.98 Å². The van der Waals surface area contributed by atoms with E-state index in [0.29, 0.717) is 5.56 Å². The van der Waals surface area contributed by atoms with E-state index in [1.54, 1.807) is 39.2 Å². The molecule has 4 atom stereocenters. The van der Waals surface area contributed by atoms with Crippen molar-refractivity contribution in [2.24, 2.45) is 5.41 Å². The predicted molar refractivity (Wildman–Crippen MR) is 184 cm³/mol. The van der Waals surface area contributed by atoms with Crippen LogP contribution in [0.5, 0.6) is 0 Å². The van der Waals surface area contributed by atoms with E-state index in [1.807, 2.05) is 36.4 Å². The topological polar surface area (TPSA) is 144 Å². The normalized spacial score (nSPS) is 21.4. The van der Waals surface area contributed by atoms with Crippen molar-refractivity contribution in [3.8, 4) is 23.7 Å². The Morgan fingerprint density at radius 1 is 0.898 bits per heavy atom. The summed E-state index contributed by atoms with van der Waals surface area (Å²) in [6, 6.07) is 15.8. The molecule has 49 heavy (non-hydrogen) atoms. The van der Waals surface area contributed by atoms with Crippen LogP contribution in [0.4, 0.5) is 5.95 Å². The Morgan fingerprint density at radius 2 is 1.45 bits per heavy atom. The number of nitrogens with one attached hydrogen (secondary N) is 1. The second-order valence-electron chi connectivity index (χ2n) is 14.8. The SMILES string of the molecule is CC1(C)O[C@@H]2[C@H](O1)[C@@H](COC(=O)C(C)(C)C)O[C@H]2n1c(C#Cc2ccc(C#Cc3ccc(C(C)(C)C)cc3)cc2)nc2c(=O)[nH]c(N)nc21. The first-order chi connectivity index (χ1) is 23.0. The summed E-state index contributed by atoms with van der Waals surface area (Å²) in [6.45, 7) is 15.4. The molecule has 3 N–H and O–H groups in total. The Hall–Kier alpha value is -4.94. The van der Waals surface area contributed by atoms with Crippen molar-refractivity contribution in [3.63, 3.8) is 0 Å². The first-order valence-electron chi connectivity index (χ1n) is 16.2. The number of nitrogens with two attached hydrogens (primary N) is 1. The number of carbonyl (C=O) groups is 1. The van der Waals surface area contributed by atoms with Crippen LogP contribution in [0.15, 0.2) is 53.3 Å². The van der Waals surface area contributed by atoms with Gasteiger partial charge in [-0.3, -0.25) is 19.1 Å². The van der Waals surface area contributed by atoms with E-state index >= 15 is 0 Å². The zero-order valence-electron chi connectivity index (χ0n) is 29.0. The van der Waals surface area contributed by atoms with Crippen LogP contribution in [0.2, 0.25) is 0 Å². The lowest BCUT2D eigenvalue weighted by Gasteiger charge is -2.25. The number of anilines is 1. The number of nitrogen functional groups attached to an aromatic ring is 1. The van der Waals surface area contributed by atoms with Gasteiger partial charge in [0.2, 0.25) is 5.95 Å². The van der Waals surface area contributed by atoms with Crippen LogP contribution < -0.4 is 11.3 Å². The number of hydrogen-bond acceptors (Lipinski definition) is 9. The highest BCUT2D eigenvalue weighted by Gasteiger charge is 2.57. The highest BCUT2D eigenvalue weighted by Crippen LogP contribution is 2.44. The Morgan fingerprint density at radius 3 is 2.02 bits per heavy atom. The molecule has 2 saturated heterocycles. The summed E-state index contributed by atoms with van der Waals surface area (Å²) in [6.07, 6.45) is -2.79. The monoisotopic (exact) mass is 663 g/mol. The number of hydrogen-bond donors (Lipinski definition) is 2. The highest BCUT2D eigenvalue weighted by atomic mass is 16.8. The van der Waals surface area contributed by atoms with E-state index in [1.165, 1.54) is 5.56 Å². The molecular weight excluding hydrogens is 622 g/mol. The Kier molecular flexibility index (Phi) is 8.66. The molecule has 0 unspecified atom stereocenters. The van der Waals surface area contributed by atoms with Crippen molar-refractivity contribution in [2.45, 2.75) is 91.1 Å².